The first-order chi connectivity index (χ1) is 14.0. The van der Waals surface area contributed by atoms with Crippen LogP contribution >= 0.6 is 22.9 Å². The van der Waals surface area contributed by atoms with Crippen molar-refractivity contribution >= 4 is 34.0 Å². The molecule has 0 aliphatic rings. The van der Waals surface area contributed by atoms with Crippen LogP contribution < -0.4 is 5.32 Å². The van der Waals surface area contributed by atoms with Gasteiger partial charge in [-0.2, -0.15) is 4.98 Å². The van der Waals surface area contributed by atoms with Gasteiger partial charge in [-0.1, -0.05) is 40.2 Å². The molecule has 0 aliphatic heterocycles. The van der Waals surface area contributed by atoms with Crippen molar-refractivity contribution in [1.82, 2.24) is 15.1 Å². The second-order valence-electron chi connectivity index (χ2n) is 6.22. The molecule has 2 aromatic heterocycles. The Labute approximate surface area is 174 Å². The Morgan fingerprint density at radius 1 is 1.14 bits per heavy atom. The van der Waals surface area contributed by atoms with Gasteiger partial charge in [0.2, 0.25) is 11.7 Å². The third-order valence-electron chi connectivity index (χ3n) is 4.04. The molecule has 0 radical (unpaired) electrons. The van der Waals surface area contributed by atoms with Gasteiger partial charge in [-0.05, 0) is 48.9 Å². The predicted molar refractivity (Wildman–Crippen MR) is 109 cm³/mol. The molecule has 0 fully saturated rings. The van der Waals surface area contributed by atoms with Gasteiger partial charge in [0.1, 0.15) is 10.7 Å². The Balaban J connectivity index is 1.48. The molecule has 1 N–H and O–H groups in total. The van der Waals surface area contributed by atoms with E-state index in [1.165, 1.54) is 23.5 Å². The minimum Gasteiger partial charge on any atom is -0.333 e. The molecule has 2 aromatic carbocycles. The summed E-state index contributed by atoms with van der Waals surface area (Å²) in [5.41, 5.74) is 2.15. The SMILES string of the molecule is Cc1nc(NC(=O)Cc2ccc(Cl)cc2)sc1-c1nc(-c2ccc(F)cc2)no1. The number of amides is 1. The molecule has 0 bridgehead atoms. The van der Waals surface area contributed by atoms with Crippen molar-refractivity contribution in [2.45, 2.75) is 13.3 Å². The number of aryl methyl sites for hydroxylation is 1. The standard InChI is InChI=1S/C20H14ClFN4O2S/c1-11-17(19-25-18(26-28-19)13-4-8-15(22)9-5-13)29-20(23-11)24-16(27)10-12-2-6-14(21)7-3-12/h2-9H,10H2,1H3,(H,23,24,27). The minimum atomic E-state index is -0.338. The smallest absolute Gasteiger partial charge is 0.270 e. The fourth-order valence-electron chi connectivity index (χ4n) is 2.63. The maximum Gasteiger partial charge on any atom is 0.270 e. The second-order valence-corrected chi connectivity index (χ2v) is 7.65. The Kier molecular flexibility index (Phi) is 5.37. The molecule has 1 amide bonds. The van der Waals surface area contributed by atoms with E-state index in [1.54, 1.807) is 43.3 Å². The Morgan fingerprint density at radius 2 is 1.86 bits per heavy atom. The molecule has 6 nitrogen and oxygen atoms in total. The van der Waals surface area contributed by atoms with E-state index in [1.807, 2.05) is 0 Å². The van der Waals surface area contributed by atoms with Crippen molar-refractivity contribution in [1.29, 1.82) is 0 Å². The van der Waals surface area contributed by atoms with Crippen LogP contribution in [0.2, 0.25) is 5.02 Å². The molecule has 0 saturated heterocycles. The molecular formula is C20H14ClFN4O2S. The topological polar surface area (TPSA) is 80.9 Å². The maximum absolute atomic E-state index is 13.1. The van der Waals surface area contributed by atoms with E-state index in [4.69, 9.17) is 16.1 Å². The number of hydrogen-bond acceptors (Lipinski definition) is 6. The molecule has 29 heavy (non-hydrogen) atoms. The fraction of sp³-hybridized carbons (Fsp3) is 0.100. The highest BCUT2D eigenvalue weighted by Gasteiger charge is 2.18. The van der Waals surface area contributed by atoms with Crippen molar-refractivity contribution in [2.24, 2.45) is 0 Å². The average molecular weight is 429 g/mol. The first kappa shape index (κ1) is 19.2. The van der Waals surface area contributed by atoms with Gasteiger partial charge >= 0.3 is 0 Å². The maximum atomic E-state index is 13.1. The quantitative estimate of drug-likeness (QED) is 0.476. The zero-order valence-electron chi connectivity index (χ0n) is 15.1. The van der Waals surface area contributed by atoms with E-state index in [2.05, 4.69) is 20.4 Å². The molecule has 0 aliphatic carbocycles. The second kappa shape index (κ2) is 8.10. The van der Waals surface area contributed by atoms with Gasteiger partial charge in [-0.25, -0.2) is 9.37 Å². The number of rotatable bonds is 5. The molecule has 0 saturated carbocycles. The Hall–Kier alpha value is -3.10. The van der Waals surface area contributed by atoms with Crippen LogP contribution in [0.15, 0.2) is 53.1 Å². The number of nitrogens with zero attached hydrogens (tertiary/aromatic N) is 3. The van der Waals surface area contributed by atoms with Gasteiger partial charge in [0.25, 0.3) is 5.89 Å². The van der Waals surface area contributed by atoms with Crippen LogP contribution in [0.1, 0.15) is 11.3 Å². The first-order valence-corrected chi connectivity index (χ1v) is 9.79. The van der Waals surface area contributed by atoms with Gasteiger partial charge in [-0.15, -0.1) is 0 Å². The summed E-state index contributed by atoms with van der Waals surface area (Å²) in [4.78, 5) is 21.7. The lowest BCUT2D eigenvalue weighted by Gasteiger charge is -2.02. The minimum absolute atomic E-state index is 0.190. The third-order valence-corrected chi connectivity index (χ3v) is 5.36. The van der Waals surface area contributed by atoms with E-state index in [-0.39, 0.29) is 24.0 Å². The highest BCUT2D eigenvalue weighted by Crippen LogP contribution is 2.33. The van der Waals surface area contributed by atoms with Crippen LogP contribution in [0.3, 0.4) is 0 Å². The monoisotopic (exact) mass is 428 g/mol. The zero-order valence-corrected chi connectivity index (χ0v) is 16.7. The van der Waals surface area contributed by atoms with E-state index < -0.39 is 0 Å². The van der Waals surface area contributed by atoms with E-state index in [0.717, 1.165) is 5.56 Å². The van der Waals surface area contributed by atoms with Crippen LogP contribution in [0.4, 0.5) is 9.52 Å². The summed E-state index contributed by atoms with van der Waals surface area (Å²) in [5.74, 6) is 0.110. The van der Waals surface area contributed by atoms with Crippen LogP contribution in [0.25, 0.3) is 22.2 Å². The molecular weight excluding hydrogens is 415 g/mol. The number of hydrogen-bond donors (Lipinski definition) is 1. The lowest BCUT2D eigenvalue weighted by molar-refractivity contribution is -0.115. The van der Waals surface area contributed by atoms with Gasteiger partial charge in [0, 0.05) is 10.6 Å². The number of benzene rings is 2. The number of aromatic nitrogens is 3. The predicted octanol–water partition coefficient (Wildman–Crippen LogP) is 5.14. The van der Waals surface area contributed by atoms with Gasteiger partial charge in [-0.3, -0.25) is 4.79 Å². The zero-order chi connectivity index (χ0) is 20.4. The van der Waals surface area contributed by atoms with E-state index >= 15 is 0 Å². The molecule has 9 heteroatoms. The normalized spacial score (nSPS) is 10.9. The number of anilines is 1. The average Bonchev–Trinajstić information content (AvgIpc) is 3.31. The van der Waals surface area contributed by atoms with Crippen LogP contribution in [-0.2, 0) is 11.2 Å². The Morgan fingerprint density at radius 3 is 2.59 bits per heavy atom. The number of carbonyl (C=O) groups is 1. The largest absolute Gasteiger partial charge is 0.333 e. The first-order valence-electron chi connectivity index (χ1n) is 8.59. The van der Waals surface area contributed by atoms with E-state index in [0.29, 0.717) is 32.1 Å². The summed E-state index contributed by atoms with van der Waals surface area (Å²) in [7, 11) is 0. The molecule has 0 spiro atoms. The van der Waals surface area contributed by atoms with Crippen molar-refractivity contribution in [2.75, 3.05) is 5.32 Å². The van der Waals surface area contributed by atoms with Crippen molar-refractivity contribution in [3.05, 3.63) is 70.6 Å². The molecule has 146 valence electrons. The molecule has 4 aromatic rings. The van der Waals surface area contributed by atoms with Crippen molar-refractivity contribution in [3.63, 3.8) is 0 Å². The lowest BCUT2D eigenvalue weighted by Crippen LogP contribution is -2.14. The number of halogens is 2. The number of nitrogens with one attached hydrogen (secondary N) is 1. The van der Waals surface area contributed by atoms with E-state index in [9.17, 15) is 9.18 Å². The number of thiazole rings is 1. The third kappa shape index (κ3) is 4.49. The van der Waals surface area contributed by atoms with Gasteiger partial charge < -0.3 is 9.84 Å². The fourth-order valence-corrected chi connectivity index (χ4v) is 3.66. The summed E-state index contributed by atoms with van der Waals surface area (Å²) in [5, 5.41) is 7.79. The number of carbonyl (C=O) groups excluding carboxylic acids is 1. The van der Waals surface area contributed by atoms with Crippen molar-refractivity contribution < 1.29 is 13.7 Å². The molecule has 2 heterocycles. The van der Waals surface area contributed by atoms with Crippen molar-refractivity contribution in [3.8, 4) is 22.2 Å². The summed E-state index contributed by atoms with van der Waals surface area (Å²) in [6.45, 7) is 1.79. The molecule has 0 unspecified atom stereocenters. The van der Waals surface area contributed by atoms with Gasteiger partial charge in [0.15, 0.2) is 5.13 Å². The lowest BCUT2D eigenvalue weighted by atomic mass is 10.1. The summed E-state index contributed by atoms with van der Waals surface area (Å²) < 4.78 is 18.4. The summed E-state index contributed by atoms with van der Waals surface area (Å²) in [6.07, 6.45) is 0.209. The van der Waals surface area contributed by atoms with Crippen LogP contribution in [0.5, 0.6) is 0 Å². The molecule has 0 atom stereocenters. The van der Waals surface area contributed by atoms with Crippen LogP contribution in [-0.4, -0.2) is 21.0 Å². The van der Waals surface area contributed by atoms with Crippen LogP contribution in [0, 0.1) is 12.7 Å². The Bertz CT molecular complexity index is 1160. The molecule has 4 rings (SSSR count). The highest BCUT2D eigenvalue weighted by molar-refractivity contribution is 7.19. The highest BCUT2D eigenvalue weighted by atomic mass is 35.5. The summed E-state index contributed by atoms with van der Waals surface area (Å²) >= 11 is 7.10. The van der Waals surface area contributed by atoms with Gasteiger partial charge in [0.05, 0.1) is 12.1 Å². The summed E-state index contributed by atoms with van der Waals surface area (Å²) in [6, 6.07) is 12.9.